The highest BCUT2D eigenvalue weighted by atomic mass is 35.5. The normalized spacial score (nSPS) is 21.5. The lowest BCUT2D eigenvalue weighted by Crippen LogP contribution is -2.60. The van der Waals surface area contributed by atoms with E-state index < -0.39 is 17.1 Å². The maximum absolute atomic E-state index is 13.6. The number of halogens is 1. The second kappa shape index (κ2) is 9.83. The van der Waals surface area contributed by atoms with Crippen LogP contribution in [-0.4, -0.2) is 81.9 Å². The lowest BCUT2D eigenvalue weighted by Gasteiger charge is -2.44. The van der Waals surface area contributed by atoms with Crippen LogP contribution in [0.15, 0.2) is 30.6 Å². The number of rotatable bonds is 5. The van der Waals surface area contributed by atoms with Gasteiger partial charge in [0.15, 0.2) is 0 Å². The fourth-order valence-electron chi connectivity index (χ4n) is 5.36. The molecule has 202 valence electrons. The number of nitrogens with two attached hydrogens (primary N) is 1. The van der Waals surface area contributed by atoms with Gasteiger partial charge >= 0.3 is 0 Å². The Morgan fingerprint density at radius 2 is 1.95 bits per heavy atom. The molecule has 5 rings (SSSR count). The lowest BCUT2D eigenvalue weighted by molar-refractivity contribution is -0.152. The number of fused-ring (bicyclic) bond motifs is 3. The molecule has 3 amide bonds. The molecule has 2 aromatic heterocycles. The van der Waals surface area contributed by atoms with E-state index in [9.17, 15) is 14.4 Å². The topological polar surface area (TPSA) is 134 Å². The molecule has 0 aliphatic carbocycles. The Labute approximate surface area is 225 Å². The minimum Gasteiger partial charge on any atom is -0.372 e. The van der Waals surface area contributed by atoms with Gasteiger partial charge in [0, 0.05) is 47.0 Å². The third-order valence-corrected chi connectivity index (χ3v) is 8.06. The minimum atomic E-state index is -0.673. The Morgan fingerprint density at radius 1 is 1.21 bits per heavy atom. The second-order valence-corrected chi connectivity index (χ2v) is 11.6. The van der Waals surface area contributed by atoms with Gasteiger partial charge in [-0.3, -0.25) is 24.3 Å². The van der Waals surface area contributed by atoms with Crippen molar-refractivity contribution in [1.82, 2.24) is 19.8 Å². The number of piperidine rings is 1. The van der Waals surface area contributed by atoms with Gasteiger partial charge in [-0.1, -0.05) is 18.5 Å². The van der Waals surface area contributed by atoms with Crippen LogP contribution in [0.25, 0.3) is 21.8 Å². The van der Waals surface area contributed by atoms with Gasteiger partial charge in [0.2, 0.25) is 17.7 Å². The zero-order valence-electron chi connectivity index (χ0n) is 21.8. The first kappa shape index (κ1) is 26.4. The van der Waals surface area contributed by atoms with Gasteiger partial charge in [-0.05, 0) is 44.9 Å². The van der Waals surface area contributed by atoms with Crippen LogP contribution in [0.1, 0.15) is 33.6 Å². The van der Waals surface area contributed by atoms with Crippen LogP contribution in [0.5, 0.6) is 0 Å². The summed E-state index contributed by atoms with van der Waals surface area (Å²) in [6, 6.07) is 4.78. The summed E-state index contributed by atoms with van der Waals surface area (Å²) in [5.74, 6) is -0.702. The molecule has 0 bridgehead atoms. The molecule has 1 aromatic carbocycles. The summed E-state index contributed by atoms with van der Waals surface area (Å²) >= 11 is 6.42. The molecular weight excluding hydrogens is 508 g/mol. The number of aromatic amines is 1. The van der Waals surface area contributed by atoms with E-state index in [1.54, 1.807) is 23.4 Å². The molecule has 0 radical (unpaired) electrons. The smallest absolute Gasteiger partial charge is 0.244 e. The van der Waals surface area contributed by atoms with Gasteiger partial charge < -0.3 is 25.7 Å². The predicted octanol–water partition coefficient (Wildman–Crippen LogP) is 2.90. The first-order valence-corrected chi connectivity index (χ1v) is 13.2. The number of morpholine rings is 1. The van der Waals surface area contributed by atoms with E-state index in [0.717, 1.165) is 21.8 Å². The third kappa shape index (κ3) is 5.08. The number of hydrogen-bond donors (Lipinski definition) is 3. The number of aromatic nitrogens is 2. The van der Waals surface area contributed by atoms with Crippen molar-refractivity contribution in [3.63, 3.8) is 0 Å². The van der Waals surface area contributed by atoms with Crippen LogP contribution in [0.4, 0.5) is 5.69 Å². The SMILES string of the molecule is CC1(C)CN(CC(=O)N2CCC(C)(C(N)=O)CC2)[C@H](C(=O)Nc2cc(Cl)cc3c2[nH]c2cnccc23)CO1. The Bertz CT molecular complexity index is 1410. The molecule has 1 atom stereocenters. The average Bonchev–Trinajstić information content (AvgIpc) is 3.22. The Hall–Kier alpha value is -3.21. The molecule has 0 unspecified atom stereocenters. The third-order valence-electron chi connectivity index (χ3n) is 7.84. The highest BCUT2D eigenvalue weighted by Crippen LogP contribution is 2.34. The van der Waals surface area contributed by atoms with E-state index in [0.29, 0.717) is 43.2 Å². The molecule has 38 heavy (non-hydrogen) atoms. The number of nitrogens with zero attached hydrogens (tertiary/aromatic N) is 3. The first-order valence-electron chi connectivity index (χ1n) is 12.8. The number of benzene rings is 1. The number of likely N-dealkylation sites (tertiary alicyclic amines) is 1. The van der Waals surface area contributed by atoms with Crippen molar-refractivity contribution in [2.24, 2.45) is 11.1 Å². The number of primary amides is 1. The van der Waals surface area contributed by atoms with Gasteiger partial charge in [-0.15, -0.1) is 0 Å². The van der Waals surface area contributed by atoms with Gasteiger partial charge in [0.25, 0.3) is 0 Å². The van der Waals surface area contributed by atoms with Gasteiger partial charge in [-0.25, -0.2) is 0 Å². The minimum absolute atomic E-state index is 0.0706. The van der Waals surface area contributed by atoms with Gasteiger partial charge in [0.1, 0.15) is 6.04 Å². The van der Waals surface area contributed by atoms with Crippen LogP contribution in [-0.2, 0) is 19.1 Å². The summed E-state index contributed by atoms with van der Waals surface area (Å²) in [5.41, 5.74) is 6.58. The van der Waals surface area contributed by atoms with Crippen molar-refractivity contribution in [3.05, 3.63) is 35.6 Å². The highest BCUT2D eigenvalue weighted by Gasteiger charge is 2.41. The molecule has 3 aromatic rings. The summed E-state index contributed by atoms with van der Waals surface area (Å²) in [7, 11) is 0. The summed E-state index contributed by atoms with van der Waals surface area (Å²) < 4.78 is 5.99. The number of amides is 3. The van der Waals surface area contributed by atoms with Crippen molar-refractivity contribution in [2.45, 2.75) is 45.3 Å². The molecule has 2 aliphatic rings. The second-order valence-electron chi connectivity index (χ2n) is 11.2. The number of anilines is 1. The van der Waals surface area contributed by atoms with Crippen molar-refractivity contribution in [2.75, 3.05) is 38.1 Å². The number of pyridine rings is 1. The zero-order valence-corrected chi connectivity index (χ0v) is 22.6. The van der Waals surface area contributed by atoms with Crippen LogP contribution >= 0.6 is 11.6 Å². The number of hydrogen-bond acceptors (Lipinski definition) is 6. The molecule has 2 aliphatic heterocycles. The van der Waals surface area contributed by atoms with E-state index in [4.69, 9.17) is 22.1 Å². The molecule has 4 N–H and O–H groups in total. The zero-order chi connectivity index (χ0) is 27.2. The Balaban J connectivity index is 1.35. The summed E-state index contributed by atoms with van der Waals surface area (Å²) in [4.78, 5) is 49.8. The fourth-order valence-corrected chi connectivity index (χ4v) is 5.58. The number of carbonyl (C=O) groups excluding carboxylic acids is 3. The van der Waals surface area contributed by atoms with Crippen LogP contribution < -0.4 is 11.1 Å². The summed E-state index contributed by atoms with van der Waals surface area (Å²) in [5, 5.41) is 5.35. The Morgan fingerprint density at radius 3 is 2.66 bits per heavy atom. The van der Waals surface area contributed by atoms with E-state index >= 15 is 0 Å². The molecule has 2 fully saturated rings. The number of ether oxygens (including phenoxy) is 1. The van der Waals surface area contributed by atoms with Crippen molar-refractivity contribution >= 4 is 56.8 Å². The maximum atomic E-state index is 13.6. The van der Waals surface area contributed by atoms with Gasteiger partial charge in [0.05, 0.1) is 41.7 Å². The molecule has 0 saturated carbocycles. The van der Waals surface area contributed by atoms with E-state index in [1.807, 2.05) is 37.8 Å². The molecule has 0 spiro atoms. The number of nitrogens with one attached hydrogen (secondary N) is 2. The van der Waals surface area contributed by atoms with Crippen LogP contribution in [0.3, 0.4) is 0 Å². The monoisotopic (exact) mass is 540 g/mol. The molecule has 11 heteroatoms. The van der Waals surface area contributed by atoms with Crippen LogP contribution in [0.2, 0.25) is 5.02 Å². The molecule has 4 heterocycles. The highest BCUT2D eigenvalue weighted by molar-refractivity contribution is 6.33. The van der Waals surface area contributed by atoms with Gasteiger partial charge in [-0.2, -0.15) is 0 Å². The molecule has 2 saturated heterocycles. The maximum Gasteiger partial charge on any atom is 0.244 e. The first-order chi connectivity index (χ1) is 18.0. The summed E-state index contributed by atoms with van der Waals surface area (Å²) in [6.07, 6.45) is 4.49. The van der Waals surface area contributed by atoms with Crippen molar-refractivity contribution < 1.29 is 19.1 Å². The fraction of sp³-hybridized carbons (Fsp3) is 0.481. The molecular formula is C27H33ClN6O4. The number of H-pyrrole nitrogens is 1. The van der Waals surface area contributed by atoms with Crippen molar-refractivity contribution in [3.8, 4) is 0 Å². The van der Waals surface area contributed by atoms with Crippen LogP contribution in [0, 0.1) is 5.41 Å². The van der Waals surface area contributed by atoms with E-state index in [1.165, 1.54) is 0 Å². The quantitative estimate of drug-likeness (QED) is 0.455. The largest absolute Gasteiger partial charge is 0.372 e. The predicted molar refractivity (Wildman–Crippen MR) is 146 cm³/mol. The van der Waals surface area contributed by atoms with E-state index in [-0.39, 0.29) is 30.9 Å². The number of carbonyl (C=O) groups is 3. The Kier molecular flexibility index (Phi) is 6.83. The standard InChI is InChI=1S/C27H33ClN6O4/c1-26(2)15-34(13-22(35)33-8-5-27(3,6-9-33)25(29)37)21(14-38-26)24(36)32-19-11-16(28)10-18-17-4-7-30-12-20(17)31-23(18)19/h4,7,10-12,21,31H,5-6,8-9,13-15H2,1-3H3,(H2,29,37)(H,32,36)/t21-/m0/s1. The average molecular weight is 541 g/mol. The summed E-state index contributed by atoms with van der Waals surface area (Å²) in [6.45, 7) is 7.27. The van der Waals surface area contributed by atoms with E-state index in [2.05, 4.69) is 15.3 Å². The molecule has 10 nitrogen and oxygen atoms in total. The van der Waals surface area contributed by atoms with Crippen molar-refractivity contribution in [1.29, 1.82) is 0 Å². The lowest BCUT2D eigenvalue weighted by atomic mass is 9.80.